The molecule has 0 saturated carbocycles. The minimum Gasteiger partial charge on any atom is -0.497 e. The summed E-state index contributed by atoms with van der Waals surface area (Å²) in [6.07, 6.45) is 0. The molecule has 4 N–H and O–H groups in total. The van der Waals surface area contributed by atoms with Gasteiger partial charge in [-0.25, -0.2) is 4.99 Å². The first-order chi connectivity index (χ1) is 9.80. The molecule has 7 heteroatoms. The lowest BCUT2D eigenvalue weighted by Gasteiger charge is -2.20. The Morgan fingerprint density at radius 1 is 1.27 bits per heavy atom. The van der Waals surface area contributed by atoms with E-state index in [-0.39, 0.29) is 47.9 Å². The molecule has 0 radical (unpaired) electrons. The van der Waals surface area contributed by atoms with Crippen LogP contribution in [0.25, 0.3) is 0 Å². The SMILES string of the molecule is COc1ccc(CNC(=O)CN=C(N)NC(C)(C)C)cc1.I. The Hall–Kier alpha value is -1.51. The fraction of sp³-hybridized carbons (Fsp3) is 0.467. The highest BCUT2D eigenvalue weighted by atomic mass is 127. The maximum Gasteiger partial charge on any atom is 0.242 e. The Kier molecular flexibility index (Phi) is 8.84. The molecule has 0 unspecified atom stereocenters. The van der Waals surface area contributed by atoms with Crippen molar-refractivity contribution in [2.24, 2.45) is 10.7 Å². The van der Waals surface area contributed by atoms with E-state index in [1.54, 1.807) is 7.11 Å². The fourth-order valence-electron chi connectivity index (χ4n) is 1.58. The van der Waals surface area contributed by atoms with Crippen LogP contribution in [0, 0.1) is 0 Å². The maximum atomic E-state index is 11.7. The number of hydrogen-bond acceptors (Lipinski definition) is 3. The first-order valence-electron chi connectivity index (χ1n) is 6.78. The van der Waals surface area contributed by atoms with Gasteiger partial charge in [-0.3, -0.25) is 4.79 Å². The molecule has 124 valence electrons. The Bertz CT molecular complexity index is 495. The number of rotatable bonds is 5. The summed E-state index contributed by atoms with van der Waals surface area (Å²) in [7, 11) is 1.62. The Balaban J connectivity index is 0.00000441. The lowest BCUT2D eigenvalue weighted by Crippen LogP contribution is -2.45. The third-order valence-corrected chi connectivity index (χ3v) is 2.54. The zero-order chi connectivity index (χ0) is 15.9. The summed E-state index contributed by atoms with van der Waals surface area (Å²) in [5.41, 5.74) is 6.51. The van der Waals surface area contributed by atoms with E-state index >= 15 is 0 Å². The molecule has 0 saturated heterocycles. The van der Waals surface area contributed by atoms with E-state index in [9.17, 15) is 4.79 Å². The molecule has 1 rings (SSSR count). The summed E-state index contributed by atoms with van der Waals surface area (Å²) in [6, 6.07) is 7.51. The normalized spacial score (nSPS) is 11.4. The number of nitrogens with two attached hydrogens (primary N) is 1. The topological polar surface area (TPSA) is 88.7 Å². The molecule has 0 aliphatic carbocycles. The zero-order valence-corrected chi connectivity index (χ0v) is 15.8. The van der Waals surface area contributed by atoms with E-state index < -0.39 is 0 Å². The van der Waals surface area contributed by atoms with E-state index in [0.29, 0.717) is 6.54 Å². The van der Waals surface area contributed by atoms with Crippen LogP contribution in [0.1, 0.15) is 26.3 Å². The molecule has 0 atom stereocenters. The van der Waals surface area contributed by atoms with Gasteiger partial charge in [0.25, 0.3) is 0 Å². The van der Waals surface area contributed by atoms with Crippen molar-refractivity contribution in [2.45, 2.75) is 32.9 Å². The molecule has 1 amide bonds. The predicted octanol–water partition coefficient (Wildman–Crippen LogP) is 1.63. The van der Waals surface area contributed by atoms with Crippen LogP contribution in [0.2, 0.25) is 0 Å². The van der Waals surface area contributed by atoms with Crippen molar-refractivity contribution < 1.29 is 9.53 Å². The highest BCUT2D eigenvalue weighted by Gasteiger charge is 2.10. The number of benzene rings is 1. The van der Waals surface area contributed by atoms with Crippen LogP contribution in [0.5, 0.6) is 5.75 Å². The summed E-state index contributed by atoms with van der Waals surface area (Å²) < 4.78 is 5.07. The number of carbonyl (C=O) groups excluding carboxylic acids is 1. The number of amides is 1. The number of ether oxygens (including phenoxy) is 1. The first kappa shape index (κ1) is 20.5. The lowest BCUT2D eigenvalue weighted by atomic mass is 10.1. The van der Waals surface area contributed by atoms with Crippen LogP contribution in [0.4, 0.5) is 0 Å². The van der Waals surface area contributed by atoms with Gasteiger partial charge in [-0.1, -0.05) is 12.1 Å². The number of hydrogen-bond donors (Lipinski definition) is 3. The van der Waals surface area contributed by atoms with E-state index in [2.05, 4.69) is 15.6 Å². The smallest absolute Gasteiger partial charge is 0.242 e. The summed E-state index contributed by atoms with van der Waals surface area (Å²) in [6.45, 7) is 6.37. The van der Waals surface area contributed by atoms with E-state index in [0.717, 1.165) is 11.3 Å². The second-order valence-electron chi connectivity index (χ2n) is 5.70. The van der Waals surface area contributed by atoms with E-state index in [1.165, 1.54) is 0 Å². The molecule has 0 aliphatic rings. The molecule has 22 heavy (non-hydrogen) atoms. The van der Waals surface area contributed by atoms with Crippen molar-refractivity contribution in [3.63, 3.8) is 0 Å². The standard InChI is InChI=1S/C15H24N4O2.HI/c1-15(2,3)19-14(16)18-10-13(20)17-9-11-5-7-12(21-4)8-6-11;/h5-8H,9-10H2,1-4H3,(H,17,20)(H3,16,18,19);1H. The number of nitrogens with one attached hydrogen (secondary N) is 2. The third kappa shape index (κ3) is 8.71. The molecule has 1 aromatic carbocycles. The van der Waals surface area contributed by atoms with Crippen molar-refractivity contribution in [1.29, 1.82) is 0 Å². The molecule has 1 aromatic rings. The molecule has 0 heterocycles. The van der Waals surface area contributed by atoms with Crippen LogP contribution in [0.3, 0.4) is 0 Å². The second kappa shape index (κ2) is 9.50. The summed E-state index contributed by atoms with van der Waals surface area (Å²) >= 11 is 0. The van der Waals surface area contributed by atoms with Gasteiger partial charge in [0, 0.05) is 12.1 Å². The highest BCUT2D eigenvalue weighted by Crippen LogP contribution is 2.10. The maximum absolute atomic E-state index is 11.7. The fourth-order valence-corrected chi connectivity index (χ4v) is 1.58. The van der Waals surface area contributed by atoms with Gasteiger partial charge < -0.3 is 21.1 Å². The van der Waals surface area contributed by atoms with Crippen molar-refractivity contribution in [3.05, 3.63) is 29.8 Å². The number of aliphatic imine (C=N–C) groups is 1. The van der Waals surface area contributed by atoms with Crippen LogP contribution in [-0.2, 0) is 11.3 Å². The number of guanidine groups is 1. The van der Waals surface area contributed by atoms with Gasteiger partial charge in [0.05, 0.1) is 7.11 Å². The van der Waals surface area contributed by atoms with Gasteiger partial charge in [0.2, 0.25) is 5.91 Å². The summed E-state index contributed by atoms with van der Waals surface area (Å²) in [5.74, 6) is 0.877. The predicted molar refractivity (Wildman–Crippen MR) is 99.6 cm³/mol. The largest absolute Gasteiger partial charge is 0.497 e. The number of methoxy groups -OCH3 is 1. The third-order valence-electron chi connectivity index (χ3n) is 2.54. The molecule has 0 fully saturated rings. The molecule has 0 aliphatic heterocycles. The molecular weight excluding hydrogens is 395 g/mol. The van der Waals surface area contributed by atoms with Crippen LogP contribution in [0.15, 0.2) is 29.3 Å². The van der Waals surface area contributed by atoms with Gasteiger partial charge in [0.15, 0.2) is 5.96 Å². The summed E-state index contributed by atoms with van der Waals surface area (Å²) in [5, 5.41) is 5.78. The van der Waals surface area contributed by atoms with Gasteiger partial charge in [0.1, 0.15) is 12.3 Å². The van der Waals surface area contributed by atoms with Gasteiger partial charge >= 0.3 is 0 Å². The van der Waals surface area contributed by atoms with Crippen LogP contribution in [-0.4, -0.2) is 31.1 Å². The van der Waals surface area contributed by atoms with Gasteiger partial charge in [-0.15, -0.1) is 24.0 Å². The van der Waals surface area contributed by atoms with Gasteiger partial charge in [-0.2, -0.15) is 0 Å². The molecule has 0 aromatic heterocycles. The minimum absolute atomic E-state index is 0. The molecule has 0 spiro atoms. The highest BCUT2D eigenvalue weighted by molar-refractivity contribution is 14.0. The second-order valence-corrected chi connectivity index (χ2v) is 5.70. The number of nitrogens with zero attached hydrogens (tertiary/aromatic N) is 1. The number of carbonyl (C=O) groups is 1. The Morgan fingerprint density at radius 2 is 1.86 bits per heavy atom. The van der Waals surface area contributed by atoms with Crippen molar-refractivity contribution in [1.82, 2.24) is 10.6 Å². The van der Waals surface area contributed by atoms with Crippen LogP contribution < -0.4 is 21.1 Å². The van der Waals surface area contributed by atoms with E-state index in [4.69, 9.17) is 10.5 Å². The lowest BCUT2D eigenvalue weighted by molar-refractivity contribution is -0.119. The average Bonchev–Trinajstić information content (AvgIpc) is 2.41. The minimum atomic E-state index is -0.176. The molecule has 0 bridgehead atoms. The monoisotopic (exact) mass is 420 g/mol. The van der Waals surface area contributed by atoms with Crippen molar-refractivity contribution >= 4 is 35.8 Å². The number of halogens is 1. The first-order valence-corrected chi connectivity index (χ1v) is 6.78. The zero-order valence-electron chi connectivity index (χ0n) is 13.5. The molecule has 6 nitrogen and oxygen atoms in total. The Morgan fingerprint density at radius 3 is 2.36 bits per heavy atom. The van der Waals surface area contributed by atoms with Crippen LogP contribution >= 0.6 is 24.0 Å². The van der Waals surface area contributed by atoms with Gasteiger partial charge in [-0.05, 0) is 38.5 Å². The van der Waals surface area contributed by atoms with Crippen molar-refractivity contribution in [3.8, 4) is 5.75 Å². The quantitative estimate of drug-likeness (QED) is 0.384. The van der Waals surface area contributed by atoms with Crippen molar-refractivity contribution in [2.75, 3.05) is 13.7 Å². The Labute approximate surface area is 148 Å². The summed E-state index contributed by atoms with van der Waals surface area (Å²) in [4.78, 5) is 15.7. The van der Waals surface area contributed by atoms with E-state index in [1.807, 2.05) is 45.0 Å². The average molecular weight is 420 g/mol. The molecular formula is C15H25IN4O2.